The Bertz CT molecular complexity index is 393. The van der Waals surface area contributed by atoms with Crippen LogP contribution in [0.25, 0.3) is 0 Å². The Hall–Kier alpha value is -0.580. The van der Waals surface area contributed by atoms with Gasteiger partial charge in [0.15, 0.2) is 0 Å². The zero-order chi connectivity index (χ0) is 12.4. The fourth-order valence-electron chi connectivity index (χ4n) is 2.43. The molecule has 2 atom stereocenters. The van der Waals surface area contributed by atoms with Crippen molar-refractivity contribution in [3.63, 3.8) is 0 Å². The summed E-state index contributed by atoms with van der Waals surface area (Å²) < 4.78 is 6.57. The second-order valence-electron chi connectivity index (χ2n) is 4.20. The topological polar surface area (TPSA) is 32.7 Å². The molecule has 0 spiro atoms. The third-order valence-electron chi connectivity index (χ3n) is 3.28. The number of hydrogen-bond acceptors (Lipinski definition) is 3. The first-order valence-corrected chi connectivity index (χ1v) is 6.81. The number of aliphatic hydroxyl groups excluding tert-OH is 1. The number of ether oxygens (including phenoxy) is 1. The van der Waals surface area contributed by atoms with Gasteiger partial charge in [-0.2, -0.15) is 0 Å². The molecule has 1 aromatic rings. The number of hydrogen-bond donors (Lipinski definition) is 1. The SMILES string of the molecule is CCN(CC)C1c2cccc(Br)c2OCC1O. The smallest absolute Gasteiger partial charge is 0.138 e. The van der Waals surface area contributed by atoms with Gasteiger partial charge < -0.3 is 9.84 Å². The van der Waals surface area contributed by atoms with Crippen molar-refractivity contribution in [1.82, 2.24) is 4.90 Å². The van der Waals surface area contributed by atoms with Crippen LogP contribution in [0.5, 0.6) is 5.75 Å². The zero-order valence-corrected chi connectivity index (χ0v) is 11.8. The molecule has 1 aliphatic rings. The molecule has 2 unspecified atom stereocenters. The van der Waals surface area contributed by atoms with E-state index in [1.165, 1.54) is 0 Å². The van der Waals surface area contributed by atoms with Gasteiger partial charge in [0.05, 0.1) is 10.5 Å². The lowest BCUT2D eigenvalue weighted by Crippen LogP contribution is -2.42. The number of benzene rings is 1. The highest BCUT2D eigenvalue weighted by Crippen LogP contribution is 2.40. The predicted octanol–water partition coefficient (Wildman–Crippen LogP) is 2.59. The molecule has 0 saturated heterocycles. The van der Waals surface area contributed by atoms with Gasteiger partial charge in [0.1, 0.15) is 18.5 Å². The van der Waals surface area contributed by atoms with Gasteiger partial charge in [0.25, 0.3) is 0 Å². The van der Waals surface area contributed by atoms with Gasteiger partial charge in [-0.1, -0.05) is 26.0 Å². The first-order chi connectivity index (χ1) is 8.19. The standard InChI is InChI=1S/C13H18BrNO2/c1-3-15(4-2)12-9-6-5-7-10(14)13(9)17-8-11(12)16/h5-7,11-12,16H,3-4,8H2,1-2H3. The normalized spacial score (nSPS) is 23.4. The Morgan fingerprint density at radius 1 is 1.41 bits per heavy atom. The molecule has 4 heteroatoms. The fraction of sp³-hybridized carbons (Fsp3) is 0.538. The molecular formula is C13H18BrNO2. The van der Waals surface area contributed by atoms with Crippen LogP contribution in [0.4, 0.5) is 0 Å². The van der Waals surface area contributed by atoms with Crippen molar-refractivity contribution >= 4 is 15.9 Å². The van der Waals surface area contributed by atoms with Crippen LogP contribution >= 0.6 is 15.9 Å². The molecular weight excluding hydrogens is 282 g/mol. The second-order valence-corrected chi connectivity index (χ2v) is 5.06. The maximum Gasteiger partial charge on any atom is 0.138 e. The average Bonchev–Trinajstić information content (AvgIpc) is 2.33. The molecule has 1 aliphatic heterocycles. The van der Waals surface area contributed by atoms with Crippen LogP contribution in [-0.4, -0.2) is 35.8 Å². The summed E-state index contributed by atoms with van der Waals surface area (Å²) in [5, 5.41) is 10.2. The van der Waals surface area contributed by atoms with Gasteiger partial charge in [-0.3, -0.25) is 4.90 Å². The minimum Gasteiger partial charge on any atom is -0.489 e. The van der Waals surface area contributed by atoms with E-state index in [-0.39, 0.29) is 6.04 Å². The van der Waals surface area contributed by atoms with Gasteiger partial charge in [-0.05, 0) is 35.1 Å². The molecule has 1 N–H and O–H groups in total. The summed E-state index contributed by atoms with van der Waals surface area (Å²) in [6.07, 6.45) is -0.461. The van der Waals surface area contributed by atoms with Crippen LogP contribution in [-0.2, 0) is 0 Å². The molecule has 2 rings (SSSR count). The third kappa shape index (κ3) is 2.34. The van der Waals surface area contributed by atoms with E-state index in [1.54, 1.807) is 0 Å². The van der Waals surface area contributed by atoms with E-state index in [1.807, 2.05) is 18.2 Å². The van der Waals surface area contributed by atoms with Crippen LogP contribution in [0.15, 0.2) is 22.7 Å². The van der Waals surface area contributed by atoms with Crippen molar-refractivity contribution < 1.29 is 9.84 Å². The summed E-state index contributed by atoms with van der Waals surface area (Å²) in [5.74, 6) is 0.870. The maximum absolute atomic E-state index is 10.2. The van der Waals surface area contributed by atoms with E-state index in [9.17, 15) is 5.11 Å². The van der Waals surface area contributed by atoms with Gasteiger partial charge >= 0.3 is 0 Å². The maximum atomic E-state index is 10.2. The molecule has 0 saturated carbocycles. The van der Waals surface area contributed by atoms with Gasteiger partial charge in [0, 0.05) is 5.56 Å². The summed E-state index contributed by atoms with van der Waals surface area (Å²) in [7, 11) is 0. The van der Waals surface area contributed by atoms with Crippen molar-refractivity contribution in [2.45, 2.75) is 26.0 Å². The summed E-state index contributed by atoms with van der Waals surface area (Å²) in [5.41, 5.74) is 1.07. The largest absolute Gasteiger partial charge is 0.489 e. The van der Waals surface area contributed by atoms with E-state index in [0.717, 1.165) is 28.9 Å². The minimum atomic E-state index is -0.461. The van der Waals surface area contributed by atoms with Crippen molar-refractivity contribution in [3.05, 3.63) is 28.2 Å². The Morgan fingerprint density at radius 3 is 2.76 bits per heavy atom. The highest BCUT2D eigenvalue weighted by Gasteiger charge is 2.33. The predicted molar refractivity (Wildman–Crippen MR) is 71.3 cm³/mol. The lowest BCUT2D eigenvalue weighted by molar-refractivity contribution is 0.00333. The number of halogens is 1. The number of aliphatic hydroxyl groups is 1. The van der Waals surface area contributed by atoms with E-state index in [0.29, 0.717) is 6.61 Å². The second kappa shape index (κ2) is 5.38. The van der Waals surface area contributed by atoms with Crippen LogP contribution in [0, 0.1) is 0 Å². The van der Waals surface area contributed by atoms with E-state index < -0.39 is 6.10 Å². The fourth-order valence-corrected chi connectivity index (χ4v) is 2.93. The number of rotatable bonds is 3. The van der Waals surface area contributed by atoms with E-state index >= 15 is 0 Å². The Labute approximate surface area is 111 Å². The minimum absolute atomic E-state index is 0.0336. The molecule has 17 heavy (non-hydrogen) atoms. The Balaban J connectivity index is 2.43. The number of likely N-dealkylation sites (N-methyl/N-ethyl adjacent to an activating group) is 1. The molecule has 1 aromatic carbocycles. The van der Waals surface area contributed by atoms with Crippen molar-refractivity contribution in [2.75, 3.05) is 19.7 Å². The lowest BCUT2D eigenvalue weighted by atomic mass is 9.96. The summed E-state index contributed by atoms with van der Waals surface area (Å²) in [6.45, 7) is 6.43. The average molecular weight is 300 g/mol. The van der Waals surface area contributed by atoms with Crippen LogP contribution in [0.1, 0.15) is 25.5 Å². The van der Waals surface area contributed by atoms with E-state index in [2.05, 4.69) is 34.7 Å². The van der Waals surface area contributed by atoms with Gasteiger partial charge in [-0.25, -0.2) is 0 Å². The molecule has 94 valence electrons. The zero-order valence-electron chi connectivity index (χ0n) is 10.2. The summed E-state index contributed by atoms with van der Waals surface area (Å²) in [6, 6.07) is 6.02. The summed E-state index contributed by atoms with van der Waals surface area (Å²) in [4.78, 5) is 2.26. The molecule has 0 fully saturated rings. The van der Waals surface area contributed by atoms with Gasteiger partial charge in [0.2, 0.25) is 0 Å². The number of para-hydroxylation sites is 1. The highest BCUT2D eigenvalue weighted by atomic mass is 79.9. The molecule has 0 aliphatic carbocycles. The quantitative estimate of drug-likeness (QED) is 0.931. The first kappa shape index (κ1) is 12.9. The van der Waals surface area contributed by atoms with E-state index in [4.69, 9.17) is 4.74 Å². The Kier molecular flexibility index (Phi) is 4.07. The third-order valence-corrected chi connectivity index (χ3v) is 3.91. The van der Waals surface area contributed by atoms with Crippen molar-refractivity contribution in [1.29, 1.82) is 0 Å². The molecule has 0 aromatic heterocycles. The molecule has 0 bridgehead atoms. The van der Waals surface area contributed by atoms with Gasteiger partial charge in [-0.15, -0.1) is 0 Å². The molecule has 0 amide bonds. The molecule has 0 radical (unpaired) electrons. The molecule has 3 nitrogen and oxygen atoms in total. The van der Waals surface area contributed by atoms with Crippen LogP contribution < -0.4 is 4.74 Å². The van der Waals surface area contributed by atoms with Crippen molar-refractivity contribution in [2.24, 2.45) is 0 Å². The number of nitrogens with zero attached hydrogens (tertiary/aromatic N) is 1. The monoisotopic (exact) mass is 299 g/mol. The van der Waals surface area contributed by atoms with Crippen molar-refractivity contribution in [3.8, 4) is 5.75 Å². The Morgan fingerprint density at radius 2 is 2.12 bits per heavy atom. The lowest BCUT2D eigenvalue weighted by Gasteiger charge is -2.38. The van der Waals surface area contributed by atoms with Crippen LogP contribution in [0.2, 0.25) is 0 Å². The highest BCUT2D eigenvalue weighted by molar-refractivity contribution is 9.10. The summed E-state index contributed by atoms with van der Waals surface area (Å²) >= 11 is 3.50. The molecule has 1 heterocycles. The number of fused-ring (bicyclic) bond motifs is 1. The van der Waals surface area contributed by atoms with Crippen LogP contribution in [0.3, 0.4) is 0 Å². The first-order valence-electron chi connectivity index (χ1n) is 6.02.